The predicted octanol–water partition coefficient (Wildman–Crippen LogP) is 22.5. The van der Waals surface area contributed by atoms with Gasteiger partial charge in [-0.25, -0.2) is 34.5 Å². The number of H-pyrrole nitrogens is 2. The molecular weight excluding hydrogens is 1540 g/mol. The molecule has 16 nitrogen and oxygen atoms in total. The van der Waals surface area contributed by atoms with Crippen LogP contribution in [-0.4, -0.2) is 93.5 Å². The summed E-state index contributed by atoms with van der Waals surface area (Å²) in [6.07, 6.45) is 13.6. The number of imidazole rings is 3. The van der Waals surface area contributed by atoms with Crippen molar-refractivity contribution in [2.45, 2.75) is 82.8 Å². The third kappa shape index (κ3) is 17.2. The predicted molar refractivity (Wildman–Crippen MR) is 492 cm³/mol. The smallest absolute Gasteiger partial charge is 0.330 e. The maximum Gasteiger partial charge on any atom is 0.330 e. The maximum absolute atomic E-state index is 11.6. The van der Waals surface area contributed by atoms with E-state index in [1.165, 1.54) is 50.1 Å². The molecule has 0 amide bonds. The second-order valence-corrected chi connectivity index (χ2v) is 31.4. The van der Waals surface area contributed by atoms with E-state index < -0.39 is 17.7 Å². The van der Waals surface area contributed by atoms with Crippen LogP contribution in [0, 0.1) is 0 Å². The van der Waals surface area contributed by atoms with Crippen LogP contribution >= 0.6 is 0 Å². The standard InChI is InChI=1S/C54H46N4O4.C54H48N4O4/c1-3-48(59)62-33-32-61-45-30-26-42(27-31-45)50-49(41-24-28-44(60-2)29-25-41)56-54(57-50)47-35-37-13-10-12-36-20-22-38(18-11-19-39(47)23-21-37)46(34-36)53-55-51(40-14-6-4-7-15-40)52(58(53)54)43-16-8-5-9-17-43;1-3-48(59)62-33-32-61-45-30-26-43(27-31-45)52-51(42-24-28-44(60-2)29-25-42)57-54(58-52)47-35-37-13-10-12-36-20-22-38(18-11-19-39(47)23-21-37)46(34-36)53-55-49(40-14-6-4-7-15-40)50(56-53)41-16-8-5-9-17-41/h3-9,14-17,20-31,34-35H,1,10-13,18-19,32-33H2,2H3;3-9,14-17,20-31,34-35H,1,10-13,18-19,32-33H2,2H3,(H,55,56)(H,57,58). The van der Waals surface area contributed by atoms with Gasteiger partial charge in [-0.3, -0.25) is 4.57 Å². The number of aromatic amines is 2. The van der Waals surface area contributed by atoms with Gasteiger partial charge in [0.25, 0.3) is 5.79 Å². The zero-order valence-electron chi connectivity index (χ0n) is 69.5. The molecule has 0 fully saturated rings. The minimum atomic E-state index is -1.31. The van der Waals surface area contributed by atoms with Crippen molar-refractivity contribution < 1.29 is 38.0 Å². The number of carbonyl (C=O) groups is 2. The van der Waals surface area contributed by atoms with E-state index in [0.717, 1.165) is 225 Å². The molecule has 124 heavy (non-hydrogen) atoms. The highest BCUT2D eigenvalue weighted by Gasteiger charge is 2.47. The molecule has 2 N–H and O–H groups in total. The molecule has 614 valence electrons. The normalized spacial score (nSPS) is 14.4. The highest BCUT2D eigenvalue weighted by atomic mass is 16.6. The molecule has 22 rings (SSSR count). The van der Waals surface area contributed by atoms with Gasteiger partial charge in [0.15, 0.2) is 0 Å². The van der Waals surface area contributed by atoms with Crippen molar-refractivity contribution in [1.82, 2.24) is 29.5 Å². The molecular formula is C108H94N8O8. The molecule has 15 aromatic rings. The Morgan fingerprint density at radius 1 is 0.363 bits per heavy atom. The van der Waals surface area contributed by atoms with Crippen molar-refractivity contribution in [2.75, 3.05) is 40.6 Å². The third-order valence-electron chi connectivity index (χ3n) is 23.5. The summed E-state index contributed by atoms with van der Waals surface area (Å²) in [5.41, 5.74) is 29.7. The molecule has 1 unspecified atom stereocenters. The number of ether oxygens (including phenoxy) is 6. The Morgan fingerprint density at radius 3 is 1.17 bits per heavy atom. The van der Waals surface area contributed by atoms with Gasteiger partial charge in [-0.2, -0.15) is 0 Å². The molecule has 0 radical (unpaired) electrons. The monoisotopic (exact) mass is 1630 g/mol. The molecule has 7 aliphatic rings. The van der Waals surface area contributed by atoms with Crippen LogP contribution in [0.5, 0.6) is 23.0 Å². The molecule has 3 aliphatic heterocycles. The van der Waals surface area contributed by atoms with E-state index in [-0.39, 0.29) is 26.4 Å². The first-order valence-corrected chi connectivity index (χ1v) is 42.6. The molecule has 12 aromatic carbocycles. The van der Waals surface area contributed by atoms with Gasteiger partial charge in [0.1, 0.15) is 66.9 Å². The quantitative estimate of drug-likeness (QED) is 0.0373. The Morgan fingerprint density at radius 2 is 0.718 bits per heavy atom. The van der Waals surface area contributed by atoms with Crippen LogP contribution in [0.1, 0.15) is 86.9 Å². The van der Waals surface area contributed by atoms with Crippen molar-refractivity contribution in [3.05, 3.63) is 378 Å². The number of fused-ring (bicyclic) bond motifs is 2. The van der Waals surface area contributed by atoms with Crippen LogP contribution < -0.4 is 18.9 Å². The zero-order valence-corrected chi connectivity index (χ0v) is 69.5. The summed E-state index contributed by atoms with van der Waals surface area (Å²) in [7, 11) is 3.35. The maximum atomic E-state index is 11.6. The van der Waals surface area contributed by atoms with E-state index in [9.17, 15) is 9.59 Å². The zero-order chi connectivity index (χ0) is 84.3. The third-order valence-corrected chi connectivity index (χ3v) is 23.5. The van der Waals surface area contributed by atoms with Gasteiger partial charge in [-0.15, -0.1) is 0 Å². The number of carbonyl (C=O) groups excluding carboxylic acids is 2. The first-order chi connectivity index (χ1) is 61.0. The summed E-state index contributed by atoms with van der Waals surface area (Å²) in [5, 5.41) is 0. The molecule has 8 bridgehead atoms. The fourth-order valence-electron chi connectivity index (χ4n) is 17.3. The number of esters is 2. The number of hydrogen-bond acceptors (Lipinski definition) is 13. The van der Waals surface area contributed by atoms with Gasteiger partial charge in [0, 0.05) is 78.9 Å². The molecule has 16 heteroatoms. The Hall–Kier alpha value is -14.8. The Kier molecular flexibility index (Phi) is 23.7. The lowest BCUT2D eigenvalue weighted by Gasteiger charge is -2.33. The first-order valence-electron chi connectivity index (χ1n) is 42.6. The summed E-state index contributed by atoms with van der Waals surface area (Å²) in [6, 6.07) is 102. The molecule has 6 heterocycles. The topological polar surface area (TPSA) is 189 Å². The van der Waals surface area contributed by atoms with Crippen LogP contribution in [-0.2, 0) is 76.2 Å². The molecule has 4 aliphatic carbocycles. The summed E-state index contributed by atoms with van der Waals surface area (Å²) in [4.78, 5) is 59.1. The minimum Gasteiger partial charge on any atom is -0.497 e. The number of aliphatic imine (C=N–C) groups is 2. The minimum absolute atomic E-state index is 0.115. The molecule has 1 spiro atoms. The van der Waals surface area contributed by atoms with Gasteiger partial charge >= 0.3 is 11.9 Å². The van der Waals surface area contributed by atoms with E-state index in [1.54, 1.807) is 14.2 Å². The second kappa shape index (κ2) is 36.7. The van der Waals surface area contributed by atoms with Crippen molar-refractivity contribution in [1.29, 1.82) is 0 Å². The number of nitrogens with one attached hydrogen (secondary N) is 2. The fourth-order valence-corrected chi connectivity index (χ4v) is 17.3. The van der Waals surface area contributed by atoms with Crippen LogP contribution in [0.4, 0.5) is 0 Å². The summed E-state index contributed by atoms with van der Waals surface area (Å²) in [6.45, 7) is 7.61. The lowest BCUT2D eigenvalue weighted by Crippen LogP contribution is -2.33. The summed E-state index contributed by atoms with van der Waals surface area (Å²) in [5.74, 6) is 3.17. The second-order valence-electron chi connectivity index (χ2n) is 31.4. The molecule has 1 atom stereocenters. The van der Waals surface area contributed by atoms with E-state index in [0.29, 0.717) is 11.5 Å². The van der Waals surface area contributed by atoms with Gasteiger partial charge in [-0.05, 0) is 243 Å². The Balaban J connectivity index is 0.000000169. The van der Waals surface area contributed by atoms with E-state index >= 15 is 0 Å². The Bertz CT molecular complexity index is 6400. The number of rotatable bonds is 22. The number of benzene rings is 12. The molecule has 0 saturated heterocycles. The average molecular weight is 1630 g/mol. The number of aromatic nitrogens is 6. The molecule has 3 aromatic heterocycles. The lowest BCUT2D eigenvalue weighted by atomic mass is 9.88. The van der Waals surface area contributed by atoms with E-state index in [4.69, 9.17) is 53.4 Å². The van der Waals surface area contributed by atoms with Gasteiger partial charge in [0.05, 0.1) is 59.8 Å². The highest BCUT2D eigenvalue weighted by molar-refractivity contribution is 6.54. The fraction of sp³-hybridized carbons (Fsp3) is 0.176. The van der Waals surface area contributed by atoms with Gasteiger partial charge < -0.3 is 38.4 Å². The lowest BCUT2D eigenvalue weighted by molar-refractivity contribution is -0.139. The summed E-state index contributed by atoms with van der Waals surface area (Å²) >= 11 is 0. The molecule has 0 saturated carbocycles. The largest absolute Gasteiger partial charge is 0.497 e. The van der Waals surface area contributed by atoms with Crippen LogP contribution in [0.15, 0.2) is 326 Å². The van der Waals surface area contributed by atoms with Gasteiger partial charge in [-0.1, -0.05) is 183 Å². The van der Waals surface area contributed by atoms with Crippen molar-refractivity contribution in [3.63, 3.8) is 0 Å². The average Bonchev–Trinajstić information content (AvgIpc) is 1.53. The highest BCUT2D eigenvalue weighted by Crippen LogP contribution is 2.50. The van der Waals surface area contributed by atoms with Crippen molar-refractivity contribution >= 4 is 23.4 Å². The number of aryl methyl sites for hydroxylation is 8. The SMILES string of the molecule is C=CC(=O)OCCOc1ccc(-c2[nH]c(-c3cc4ccc3CCCc3ccc(cc3-c3nc(-c5ccccc5)c(-c5ccccc5)[nH]3)CCC4)nc2-c2ccc(OC)cc2)cc1.C=CC(=O)OCCOc1ccc(C2=NC3(N=C2c2ccc(OC)cc2)c2cc4ccc2CCCc2ccc(cc2-c2nc(-c5ccccc5)c(-c5ccccc5)n23)CCC4)cc1. The van der Waals surface area contributed by atoms with E-state index in [2.05, 4.69) is 228 Å². The van der Waals surface area contributed by atoms with Crippen LogP contribution in [0.25, 0.3) is 102 Å². The van der Waals surface area contributed by atoms with Crippen LogP contribution in [0.3, 0.4) is 0 Å². The van der Waals surface area contributed by atoms with Crippen molar-refractivity contribution in [2.24, 2.45) is 9.98 Å². The number of hydrogen-bond donors (Lipinski definition) is 2. The van der Waals surface area contributed by atoms with Gasteiger partial charge in [0.2, 0.25) is 0 Å². The number of nitrogens with zero attached hydrogens (tertiary/aromatic N) is 6. The summed E-state index contributed by atoms with van der Waals surface area (Å²) < 4.78 is 35.5. The first kappa shape index (κ1) is 80.3. The number of methoxy groups -OCH3 is 2. The van der Waals surface area contributed by atoms with Crippen molar-refractivity contribution in [3.8, 4) is 125 Å². The Labute approximate surface area is 722 Å². The van der Waals surface area contributed by atoms with E-state index in [1.807, 2.05) is 91.0 Å². The van der Waals surface area contributed by atoms with Crippen LogP contribution in [0.2, 0.25) is 0 Å².